The lowest BCUT2D eigenvalue weighted by Gasteiger charge is -2.05. The molecule has 0 aliphatic heterocycles. The Morgan fingerprint density at radius 1 is 1.50 bits per heavy atom. The van der Waals surface area contributed by atoms with Gasteiger partial charge in [-0.25, -0.2) is 4.98 Å². The molecule has 0 bridgehead atoms. The van der Waals surface area contributed by atoms with E-state index in [0.29, 0.717) is 17.8 Å². The minimum absolute atomic E-state index is 0.249. The first kappa shape index (κ1) is 11.9. The maximum absolute atomic E-state index is 11.8. The van der Waals surface area contributed by atoms with Gasteiger partial charge in [0.15, 0.2) is 0 Å². The van der Waals surface area contributed by atoms with Gasteiger partial charge in [-0.2, -0.15) is 5.26 Å². The van der Waals surface area contributed by atoms with Gasteiger partial charge in [0, 0.05) is 25.1 Å². The molecule has 0 aromatic carbocycles. The number of amides is 1. The first-order valence-corrected chi connectivity index (χ1v) is 5.45. The van der Waals surface area contributed by atoms with Crippen molar-refractivity contribution in [1.82, 2.24) is 14.9 Å². The van der Waals surface area contributed by atoms with Gasteiger partial charge in [-0.05, 0) is 24.3 Å². The number of pyridine rings is 1. The van der Waals surface area contributed by atoms with Crippen molar-refractivity contribution < 1.29 is 4.79 Å². The first-order chi connectivity index (χ1) is 8.70. The van der Waals surface area contributed by atoms with E-state index in [4.69, 9.17) is 5.26 Å². The molecule has 0 spiro atoms. The van der Waals surface area contributed by atoms with Gasteiger partial charge < -0.3 is 9.88 Å². The van der Waals surface area contributed by atoms with Crippen molar-refractivity contribution in [1.29, 1.82) is 5.26 Å². The van der Waals surface area contributed by atoms with E-state index in [1.807, 2.05) is 36.0 Å². The molecule has 1 amide bonds. The molecule has 5 heteroatoms. The Kier molecular flexibility index (Phi) is 3.39. The van der Waals surface area contributed by atoms with Gasteiger partial charge in [0.05, 0.1) is 12.1 Å². The molecule has 18 heavy (non-hydrogen) atoms. The highest BCUT2D eigenvalue weighted by atomic mass is 16.1. The molecule has 0 aliphatic carbocycles. The molecule has 1 N–H and O–H groups in total. The van der Waals surface area contributed by atoms with Crippen LogP contribution >= 0.6 is 0 Å². The summed E-state index contributed by atoms with van der Waals surface area (Å²) in [7, 11) is 1.92. The number of hydrogen-bond donors (Lipinski definition) is 1. The van der Waals surface area contributed by atoms with Crippen LogP contribution in [0.25, 0.3) is 0 Å². The molecule has 2 heterocycles. The predicted molar refractivity (Wildman–Crippen MR) is 65.5 cm³/mol. The van der Waals surface area contributed by atoms with E-state index in [1.54, 1.807) is 12.1 Å². The Bertz CT molecular complexity index is 592. The van der Waals surface area contributed by atoms with Gasteiger partial charge >= 0.3 is 0 Å². The molecule has 0 saturated carbocycles. The lowest BCUT2D eigenvalue weighted by atomic mass is 10.2. The van der Waals surface area contributed by atoms with Crippen LogP contribution < -0.4 is 5.32 Å². The lowest BCUT2D eigenvalue weighted by Crippen LogP contribution is -2.24. The van der Waals surface area contributed by atoms with Crippen molar-refractivity contribution in [3.05, 3.63) is 53.6 Å². The van der Waals surface area contributed by atoms with Crippen LogP contribution in [0.4, 0.5) is 0 Å². The number of carbonyl (C=O) groups excluding carboxylic acids is 1. The summed E-state index contributed by atoms with van der Waals surface area (Å²) in [5.41, 5.74) is 1.76. The van der Waals surface area contributed by atoms with Crippen LogP contribution in [0.3, 0.4) is 0 Å². The number of hydrogen-bond acceptors (Lipinski definition) is 3. The molecule has 5 nitrogen and oxygen atoms in total. The fourth-order valence-electron chi connectivity index (χ4n) is 1.54. The van der Waals surface area contributed by atoms with E-state index in [0.717, 1.165) is 5.69 Å². The highest BCUT2D eigenvalue weighted by Crippen LogP contribution is 2.01. The van der Waals surface area contributed by atoms with E-state index in [-0.39, 0.29) is 5.91 Å². The average molecular weight is 240 g/mol. The van der Waals surface area contributed by atoms with E-state index >= 15 is 0 Å². The standard InChI is InChI=1S/C13H12N4O/c1-17-6-2-3-11(17)9-16-13(18)12-5-4-10(7-14)8-15-12/h2-6,8H,9H2,1H3,(H,16,18). The number of aryl methyl sites for hydroxylation is 1. The maximum atomic E-state index is 11.8. The summed E-state index contributed by atoms with van der Waals surface area (Å²) in [5.74, 6) is -0.249. The molecule has 2 rings (SSSR count). The van der Waals surface area contributed by atoms with Gasteiger partial charge in [0.1, 0.15) is 11.8 Å². The Hall–Kier alpha value is -2.61. The summed E-state index contributed by atoms with van der Waals surface area (Å²) >= 11 is 0. The fourth-order valence-corrected chi connectivity index (χ4v) is 1.54. The summed E-state index contributed by atoms with van der Waals surface area (Å²) in [6.07, 6.45) is 3.30. The van der Waals surface area contributed by atoms with Crippen LogP contribution in [0, 0.1) is 11.3 Å². The van der Waals surface area contributed by atoms with Gasteiger partial charge in [0.25, 0.3) is 5.91 Å². The molecular weight excluding hydrogens is 228 g/mol. The molecule has 0 unspecified atom stereocenters. The van der Waals surface area contributed by atoms with Crippen LogP contribution in [0.15, 0.2) is 36.7 Å². The average Bonchev–Trinajstić information content (AvgIpc) is 2.81. The van der Waals surface area contributed by atoms with Crippen LogP contribution in [0.5, 0.6) is 0 Å². The zero-order valence-electron chi connectivity index (χ0n) is 9.92. The van der Waals surface area contributed by atoms with Crippen LogP contribution in [0.2, 0.25) is 0 Å². The summed E-state index contributed by atoms with van der Waals surface area (Å²) in [4.78, 5) is 15.7. The van der Waals surface area contributed by atoms with E-state index < -0.39 is 0 Å². The fraction of sp³-hybridized carbons (Fsp3) is 0.154. The molecule has 0 atom stereocenters. The molecular formula is C13H12N4O. The van der Waals surface area contributed by atoms with E-state index in [2.05, 4.69) is 10.3 Å². The van der Waals surface area contributed by atoms with Crippen molar-refractivity contribution in [2.75, 3.05) is 0 Å². The smallest absolute Gasteiger partial charge is 0.270 e. The Morgan fingerprint density at radius 3 is 2.89 bits per heavy atom. The molecule has 90 valence electrons. The minimum atomic E-state index is -0.249. The van der Waals surface area contributed by atoms with E-state index in [1.165, 1.54) is 6.20 Å². The van der Waals surface area contributed by atoms with Crippen LogP contribution in [0.1, 0.15) is 21.7 Å². The van der Waals surface area contributed by atoms with Gasteiger partial charge in [-0.15, -0.1) is 0 Å². The highest BCUT2D eigenvalue weighted by molar-refractivity contribution is 5.92. The SMILES string of the molecule is Cn1cccc1CNC(=O)c1ccc(C#N)cn1. The topological polar surface area (TPSA) is 70.7 Å². The second-order valence-corrected chi connectivity index (χ2v) is 3.84. The normalized spacial score (nSPS) is 9.78. The molecule has 0 aliphatic rings. The Labute approximate surface area is 105 Å². The quantitative estimate of drug-likeness (QED) is 0.876. The number of aromatic nitrogens is 2. The Morgan fingerprint density at radius 2 is 2.33 bits per heavy atom. The zero-order valence-corrected chi connectivity index (χ0v) is 9.92. The third-order valence-corrected chi connectivity index (χ3v) is 2.61. The molecule has 0 fully saturated rings. The van der Waals surface area contributed by atoms with Crippen molar-refractivity contribution >= 4 is 5.91 Å². The first-order valence-electron chi connectivity index (χ1n) is 5.45. The Balaban J connectivity index is 2.00. The van der Waals surface area contributed by atoms with E-state index in [9.17, 15) is 4.79 Å². The molecule has 2 aromatic rings. The summed E-state index contributed by atoms with van der Waals surface area (Å²) < 4.78 is 1.94. The number of nitrogens with zero attached hydrogens (tertiary/aromatic N) is 3. The second kappa shape index (κ2) is 5.15. The number of nitriles is 1. The van der Waals surface area contributed by atoms with Crippen molar-refractivity contribution in [3.63, 3.8) is 0 Å². The number of rotatable bonds is 3. The monoisotopic (exact) mass is 240 g/mol. The maximum Gasteiger partial charge on any atom is 0.270 e. The van der Waals surface area contributed by atoms with Gasteiger partial charge in [-0.1, -0.05) is 0 Å². The second-order valence-electron chi connectivity index (χ2n) is 3.84. The summed E-state index contributed by atoms with van der Waals surface area (Å²) in [6.45, 7) is 0.448. The van der Waals surface area contributed by atoms with Crippen molar-refractivity contribution in [2.24, 2.45) is 7.05 Å². The third-order valence-electron chi connectivity index (χ3n) is 2.61. The summed E-state index contributed by atoms with van der Waals surface area (Å²) in [6, 6.07) is 8.93. The van der Waals surface area contributed by atoms with Gasteiger partial charge in [0.2, 0.25) is 0 Å². The van der Waals surface area contributed by atoms with Crippen LogP contribution in [-0.4, -0.2) is 15.5 Å². The number of nitrogens with one attached hydrogen (secondary N) is 1. The lowest BCUT2D eigenvalue weighted by molar-refractivity contribution is 0.0945. The molecule has 2 aromatic heterocycles. The van der Waals surface area contributed by atoms with Crippen LogP contribution in [-0.2, 0) is 13.6 Å². The molecule has 0 saturated heterocycles. The predicted octanol–water partition coefficient (Wildman–Crippen LogP) is 1.22. The summed E-state index contributed by atoms with van der Waals surface area (Å²) in [5, 5.41) is 11.4. The van der Waals surface area contributed by atoms with Crippen molar-refractivity contribution in [2.45, 2.75) is 6.54 Å². The minimum Gasteiger partial charge on any atom is -0.353 e. The highest BCUT2D eigenvalue weighted by Gasteiger charge is 2.07. The third kappa shape index (κ3) is 2.55. The largest absolute Gasteiger partial charge is 0.353 e. The zero-order chi connectivity index (χ0) is 13.0. The van der Waals surface area contributed by atoms with Gasteiger partial charge in [-0.3, -0.25) is 4.79 Å². The molecule has 0 radical (unpaired) electrons. The number of carbonyl (C=O) groups is 1. The van der Waals surface area contributed by atoms with Crippen molar-refractivity contribution in [3.8, 4) is 6.07 Å².